The van der Waals surface area contributed by atoms with Crippen LogP contribution in [0.25, 0.3) is 0 Å². The number of hydrogen-bond acceptors (Lipinski definition) is 5. The van der Waals surface area contributed by atoms with Crippen LogP contribution in [0.1, 0.15) is 0 Å². The van der Waals surface area contributed by atoms with E-state index < -0.39 is 4.92 Å². The molecule has 104 valence electrons. The predicted molar refractivity (Wildman–Crippen MR) is 75.9 cm³/mol. The van der Waals surface area contributed by atoms with Crippen LogP contribution in [0.5, 0.6) is 0 Å². The van der Waals surface area contributed by atoms with Gasteiger partial charge in [0.05, 0.1) is 4.92 Å². The summed E-state index contributed by atoms with van der Waals surface area (Å²) in [6.07, 6.45) is 0. The van der Waals surface area contributed by atoms with Crippen LogP contribution >= 0.6 is 11.6 Å². The largest absolute Gasteiger partial charge is 0.378 e. The molecule has 0 aromatic heterocycles. The van der Waals surface area contributed by atoms with Gasteiger partial charge < -0.3 is 10.6 Å². The van der Waals surface area contributed by atoms with Gasteiger partial charge in [-0.15, -0.1) is 0 Å². The van der Waals surface area contributed by atoms with Gasteiger partial charge >= 0.3 is 0 Å². The standard InChI is InChI=1S/C12H17ClN4O2/c13-10-1-2-12(17(18)19)11(9-10)15-5-8-16-6-3-14-4-7-16/h1-2,9,14-15H,3-8H2. The quantitative estimate of drug-likeness (QED) is 0.634. The molecule has 0 radical (unpaired) electrons. The third kappa shape index (κ3) is 4.05. The lowest BCUT2D eigenvalue weighted by Crippen LogP contribution is -2.45. The first-order valence-corrected chi connectivity index (χ1v) is 6.65. The molecule has 6 nitrogen and oxygen atoms in total. The average Bonchev–Trinajstić information content (AvgIpc) is 2.39. The molecule has 0 aliphatic carbocycles. The first kappa shape index (κ1) is 14.0. The van der Waals surface area contributed by atoms with Crippen molar-refractivity contribution in [2.45, 2.75) is 0 Å². The monoisotopic (exact) mass is 284 g/mol. The van der Waals surface area contributed by atoms with E-state index in [4.69, 9.17) is 11.6 Å². The number of rotatable bonds is 5. The smallest absolute Gasteiger partial charge is 0.292 e. The highest BCUT2D eigenvalue weighted by Crippen LogP contribution is 2.27. The Labute approximate surface area is 116 Å². The van der Waals surface area contributed by atoms with E-state index in [1.165, 1.54) is 12.1 Å². The van der Waals surface area contributed by atoms with E-state index in [1.807, 2.05) is 0 Å². The number of nitrogens with zero attached hydrogens (tertiary/aromatic N) is 2. The maximum Gasteiger partial charge on any atom is 0.292 e. The minimum atomic E-state index is -0.399. The van der Waals surface area contributed by atoms with Crippen LogP contribution in [0.3, 0.4) is 0 Å². The molecule has 0 amide bonds. The van der Waals surface area contributed by atoms with Crippen molar-refractivity contribution in [2.24, 2.45) is 0 Å². The summed E-state index contributed by atoms with van der Waals surface area (Å²) in [5, 5.41) is 17.8. The SMILES string of the molecule is O=[N+]([O-])c1ccc(Cl)cc1NCCN1CCNCC1. The second-order valence-corrected chi connectivity index (χ2v) is 4.87. The Morgan fingerprint density at radius 1 is 1.42 bits per heavy atom. The van der Waals surface area contributed by atoms with Crippen molar-refractivity contribution in [3.8, 4) is 0 Å². The molecule has 0 spiro atoms. The minimum absolute atomic E-state index is 0.0599. The lowest BCUT2D eigenvalue weighted by atomic mass is 10.2. The topological polar surface area (TPSA) is 70.4 Å². The molecule has 0 atom stereocenters. The average molecular weight is 285 g/mol. The highest BCUT2D eigenvalue weighted by molar-refractivity contribution is 6.31. The van der Waals surface area contributed by atoms with E-state index in [0.29, 0.717) is 17.3 Å². The summed E-state index contributed by atoms with van der Waals surface area (Å²) in [5.74, 6) is 0. The van der Waals surface area contributed by atoms with E-state index in [-0.39, 0.29) is 5.69 Å². The Morgan fingerprint density at radius 3 is 2.84 bits per heavy atom. The molecule has 2 N–H and O–H groups in total. The van der Waals surface area contributed by atoms with Crippen molar-refractivity contribution in [1.29, 1.82) is 0 Å². The minimum Gasteiger partial charge on any atom is -0.378 e. The summed E-state index contributed by atoms with van der Waals surface area (Å²) in [5.41, 5.74) is 0.539. The van der Waals surface area contributed by atoms with Crippen LogP contribution < -0.4 is 10.6 Å². The molecule has 0 saturated carbocycles. The molecule has 1 heterocycles. The fourth-order valence-electron chi connectivity index (χ4n) is 2.09. The summed E-state index contributed by atoms with van der Waals surface area (Å²) in [6, 6.07) is 4.55. The Bertz CT molecular complexity index is 449. The van der Waals surface area contributed by atoms with E-state index in [9.17, 15) is 10.1 Å². The van der Waals surface area contributed by atoms with Gasteiger partial charge in [-0.2, -0.15) is 0 Å². The van der Waals surface area contributed by atoms with Crippen molar-refractivity contribution in [3.05, 3.63) is 33.3 Å². The van der Waals surface area contributed by atoms with Crippen LogP contribution in [0.15, 0.2) is 18.2 Å². The maximum atomic E-state index is 10.9. The van der Waals surface area contributed by atoms with Crippen molar-refractivity contribution < 1.29 is 4.92 Å². The van der Waals surface area contributed by atoms with E-state index in [2.05, 4.69) is 15.5 Å². The third-order valence-electron chi connectivity index (χ3n) is 3.11. The molecule has 0 bridgehead atoms. The van der Waals surface area contributed by atoms with Gasteiger partial charge in [0.25, 0.3) is 5.69 Å². The van der Waals surface area contributed by atoms with Crippen LogP contribution in [-0.4, -0.2) is 49.1 Å². The molecular weight excluding hydrogens is 268 g/mol. The Hall–Kier alpha value is -1.37. The third-order valence-corrected chi connectivity index (χ3v) is 3.34. The fourth-order valence-corrected chi connectivity index (χ4v) is 2.26. The zero-order chi connectivity index (χ0) is 13.7. The second-order valence-electron chi connectivity index (χ2n) is 4.44. The number of nitro groups is 1. The molecule has 7 heteroatoms. The molecule has 19 heavy (non-hydrogen) atoms. The number of benzene rings is 1. The fraction of sp³-hybridized carbons (Fsp3) is 0.500. The predicted octanol–water partition coefficient (Wildman–Crippen LogP) is 1.57. The zero-order valence-electron chi connectivity index (χ0n) is 10.6. The normalized spacial score (nSPS) is 16.3. The van der Waals surface area contributed by atoms with Crippen molar-refractivity contribution >= 4 is 23.0 Å². The van der Waals surface area contributed by atoms with Gasteiger partial charge in [0, 0.05) is 50.4 Å². The van der Waals surface area contributed by atoms with E-state index in [1.54, 1.807) is 6.07 Å². The number of piperazine rings is 1. The Kier molecular flexibility index (Phi) is 4.95. The number of nitro benzene ring substituents is 1. The van der Waals surface area contributed by atoms with Crippen LogP contribution in [0, 0.1) is 10.1 Å². The molecule has 1 aliphatic rings. The van der Waals surface area contributed by atoms with Crippen LogP contribution in [0.2, 0.25) is 5.02 Å². The summed E-state index contributed by atoms with van der Waals surface area (Å²) >= 11 is 5.87. The molecule has 1 fully saturated rings. The number of hydrogen-bond donors (Lipinski definition) is 2. The Balaban J connectivity index is 1.91. The number of anilines is 1. The van der Waals surface area contributed by atoms with Gasteiger partial charge in [-0.25, -0.2) is 0 Å². The molecular formula is C12H17ClN4O2. The lowest BCUT2D eigenvalue weighted by molar-refractivity contribution is -0.384. The first-order valence-electron chi connectivity index (χ1n) is 6.28. The summed E-state index contributed by atoms with van der Waals surface area (Å²) in [4.78, 5) is 12.8. The van der Waals surface area contributed by atoms with Gasteiger partial charge in [0.15, 0.2) is 0 Å². The van der Waals surface area contributed by atoms with E-state index >= 15 is 0 Å². The van der Waals surface area contributed by atoms with Crippen LogP contribution in [0.4, 0.5) is 11.4 Å². The van der Waals surface area contributed by atoms with Crippen molar-refractivity contribution in [1.82, 2.24) is 10.2 Å². The molecule has 1 aliphatic heterocycles. The highest BCUT2D eigenvalue weighted by Gasteiger charge is 2.14. The molecule has 2 rings (SSSR count). The number of nitrogens with one attached hydrogen (secondary N) is 2. The summed E-state index contributed by atoms with van der Waals surface area (Å²) in [7, 11) is 0. The highest BCUT2D eigenvalue weighted by atomic mass is 35.5. The van der Waals surface area contributed by atoms with Crippen molar-refractivity contribution in [2.75, 3.05) is 44.6 Å². The molecule has 1 saturated heterocycles. The lowest BCUT2D eigenvalue weighted by Gasteiger charge is -2.27. The van der Waals surface area contributed by atoms with Crippen LogP contribution in [-0.2, 0) is 0 Å². The zero-order valence-corrected chi connectivity index (χ0v) is 11.3. The van der Waals surface area contributed by atoms with Gasteiger partial charge in [-0.3, -0.25) is 15.0 Å². The van der Waals surface area contributed by atoms with Gasteiger partial charge in [-0.05, 0) is 12.1 Å². The second kappa shape index (κ2) is 6.70. The number of halogens is 1. The molecule has 1 aromatic rings. The molecule has 0 unspecified atom stereocenters. The summed E-state index contributed by atoms with van der Waals surface area (Å²) in [6.45, 7) is 5.56. The maximum absolute atomic E-state index is 10.9. The van der Waals surface area contributed by atoms with Gasteiger partial charge in [-0.1, -0.05) is 11.6 Å². The Morgan fingerprint density at radius 2 is 2.16 bits per heavy atom. The van der Waals surface area contributed by atoms with Gasteiger partial charge in [0.2, 0.25) is 0 Å². The van der Waals surface area contributed by atoms with Crippen molar-refractivity contribution in [3.63, 3.8) is 0 Å². The molecule has 1 aromatic carbocycles. The van der Waals surface area contributed by atoms with E-state index in [0.717, 1.165) is 32.7 Å². The summed E-state index contributed by atoms with van der Waals surface area (Å²) < 4.78 is 0. The van der Waals surface area contributed by atoms with Gasteiger partial charge in [0.1, 0.15) is 5.69 Å². The first-order chi connectivity index (χ1) is 9.16.